The van der Waals surface area contributed by atoms with E-state index in [1.54, 1.807) is 0 Å². The molecule has 0 bridgehead atoms. The third kappa shape index (κ3) is 3.31. The summed E-state index contributed by atoms with van der Waals surface area (Å²) in [7, 11) is 0. The van der Waals surface area contributed by atoms with Crippen molar-refractivity contribution < 1.29 is 4.74 Å². The number of nitrogens with one attached hydrogen (secondary N) is 1. The molecular weight excluding hydrogens is 224 g/mol. The van der Waals surface area contributed by atoms with Crippen molar-refractivity contribution in [3.63, 3.8) is 0 Å². The number of hydrogen-bond donors (Lipinski definition) is 2. The average Bonchev–Trinajstić information content (AvgIpc) is 2.71. The molecule has 0 saturated carbocycles. The lowest BCUT2D eigenvalue weighted by Gasteiger charge is -2.23. The van der Waals surface area contributed by atoms with E-state index in [-0.39, 0.29) is 12.1 Å². The molecule has 1 fully saturated rings. The highest BCUT2D eigenvalue weighted by molar-refractivity contribution is 5.29. The van der Waals surface area contributed by atoms with Crippen molar-refractivity contribution in [1.29, 1.82) is 0 Å². The number of rotatable bonds is 4. The fraction of sp³-hybridized carbons (Fsp3) is 0.600. The molecule has 1 saturated heterocycles. The van der Waals surface area contributed by atoms with E-state index in [0.717, 1.165) is 19.3 Å². The summed E-state index contributed by atoms with van der Waals surface area (Å²) in [6.45, 7) is 6.40. The van der Waals surface area contributed by atoms with Gasteiger partial charge in [-0.3, -0.25) is 11.3 Å². The predicted octanol–water partition coefficient (Wildman–Crippen LogP) is 2.25. The zero-order valence-corrected chi connectivity index (χ0v) is 11.6. The fourth-order valence-corrected chi connectivity index (χ4v) is 2.87. The van der Waals surface area contributed by atoms with Crippen LogP contribution in [0.2, 0.25) is 0 Å². The second-order valence-electron chi connectivity index (χ2n) is 5.54. The Hall–Kier alpha value is -0.900. The minimum Gasteiger partial charge on any atom is -0.374 e. The predicted molar refractivity (Wildman–Crippen MR) is 74.3 cm³/mol. The molecule has 0 radical (unpaired) electrons. The Morgan fingerprint density at radius 3 is 2.44 bits per heavy atom. The van der Waals surface area contributed by atoms with Gasteiger partial charge in [-0.1, -0.05) is 29.3 Å². The van der Waals surface area contributed by atoms with Crippen LogP contribution in [-0.4, -0.2) is 18.2 Å². The third-order valence-electron chi connectivity index (χ3n) is 3.66. The van der Waals surface area contributed by atoms with Crippen molar-refractivity contribution >= 4 is 0 Å². The number of ether oxygens (including phenoxy) is 1. The first-order valence-corrected chi connectivity index (χ1v) is 6.77. The second kappa shape index (κ2) is 5.83. The average molecular weight is 248 g/mol. The van der Waals surface area contributed by atoms with Crippen LogP contribution < -0.4 is 11.3 Å². The molecule has 3 N–H and O–H groups in total. The maximum absolute atomic E-state index is 5.90. The Morgan fingerprint density at radius 2 is 1.94 bits per heavy atom. The van der Waals surface area contributed by atoms with Crippen LogP contribution in [0, 0.1) is 13.8 Å². The van der Waals surface area contributed by atoms with Gasteiger partial charge in [-0.15, -0.1) is 0 Å². The van der Waals surface area contributed by atoms with Crippen molar-refractivity contribution in [3.8, 4) is 0 Å². The van der Waals surface area contributed by atoms with E-state index >= 15 is 0 Å². The summed E-state index contributed by atoms with van der Waals surface area (Å²) in [5, 5.41) is 0. The van der Waals surface area contributed by atoms with Gasteiger partial charge in [0.05, 0.1) is 18.2 Å². The number of benzene rings is 1. The first kappa shape index (κ1) is 13.5. The van der Waals surface area contributed by atoms with E-state index in [1.807, 2.05) is 0 Å². The molecule has 2 rings (SSSR count). The highest BCUT2D eigenvalue weighted by Gasteiger charge is 2.29. The van der Waals surface area contributed by atoms with Gasteiger partial charge in [-0.25, -0.2) is 0 Å². The molecule has 1 aromatic carbocycles. The van der Waals surface area contributed by atoms with Gasteiger partial charge >= 0.3 is 0 Å². The Bertz CT molecular complexity index is 385. The van der Waals surface area contributed by atoms with Gasteiger partial charge in [0, 0.05) is 0 Å². The molecule has 3 nitrogen and oxygen atoms in total. The lowest BCUT2D eigenvalue weighted by atomic mass is 9.97. The van der Waals surface area contributed by atoms with Crippen LogP contribution in [0.25, 0.3) is 0 Å². The molecule has 1 aliphatic heterocycles. The Kier molecular flexibility index (Phi) is 4.38. The van der Waals surface area contributed by atoms with Crippen molar-refractivity contribution in [2.24, 2.45) is 5.84 Å². The van der Waals surface area contributed by atoms with Gasteiger partial charge in [0.25, 0.3) is 0 Å². The summed E-state index contributed by atoms with van der Waals surface area (Å²) in [6.07, 6.45) is 3.77. The molecule has 3 heteroatoms. The summed E-state index contributed by atoms with van der Waals surface area (Å²) in [6, 6.07) is 6.87. The summed E-state index contributed by atoms with van der Waals surface area (Å²) >= 11 is 0. The molecule has 3 unspecified atom stereocenters. The second-order valence-corrected chi connectivity index (χ2v) is 5.54. The molecule has 0 aromatic heterocycles. The Balaban J connectivity index is 2.05. The van der Waals surface area contributed by atoms with E-state index in [4.69, 9.17) is 10.6 Å². The van der Waals surface area contributed by atoms with Gasteiger partial charge < -0.3 is 4.74 Å². The molecule has 1 aromatic rings. The topological polar surface area (TPSA) is 47.3 Å². The van der Waals surface area contributed by atoms with Crippen molar-refractivity contribution in [2.45, 2.75) is 58.3 Å². The van der Waals surface area contributed by atoms with Crippen molar-refractivity contribution in [1.82, 2.24) is 5.43 Å². The highest BCUT2D eigenvalue weighted by Crippen LogP contribution is 2.23. The first-order chi connectivity index (χ1) is 8.58. The van der Waals surface area contributed by atoms with Crippen molar-refractivity contribution in [3.05, 3.63) is 34.9 Å². The summed E-state index contributed by atoms with van der Waals surface area (Å²) in [5.74, 6) is 5.69. The van der Waals surface area contributed by atoms with E-state index in [9.17, 15) is 0 Å². The van der Waals surface area contributed by atoms with Gasteiger partial charge in [0.15, 0.2) is 0 Å². The lowest BCUT2D eigenvalue weighted by Crippen LogP contribution is -2.45. The standard InChI is InChI=1S/C15H24N2O/c1-10-6-11(2)8-13(7-10)9-14(17-16)15-5-4-12(3)18-15/h6-8,12,14-15,17H,4-5,9,16H2,1-3H3. The molecule has 0 spiro atoms. The van der Waals surface area contributed by atoms with Gasteiger partial charge in [-0.2, -0.15) is 0 Å². The smallest absolute Gasteiger partial charge is 0.0749 e. The number of hydrogen-bond acceptors (Lipinski definition) is 3. The molecule has 0 amide bonds. The normalized spacial score (nSPS) is 25.3. The summed E-state index contributed by atoms with van der Waals surface area (Å²) < 4.78 is 5.90. The third-order valence-corrected chi connectivity index (χ3v) is 3.66. The van der Waals surface area contributed by atoms with E-state index in [1.165, 1.54) is 16.7 Å². The van der Waals surface area contributed by atoms with Gasteiger partial charge in [0.1, 0.15) is 0 Å². The van der Waals surface area contributed by atoms with Crippen LogP contribution in [0.4, 0.5) is 0 Å². The lowest BCUT2D eigenvalue weighted by molar-refractivity contribution is 0.0320. The molecule has 0 aliphatic carbocycles. The molecule has 1 heterocycles. The van der Waals surface area contributed by atoms with Crippen molar-refractivity contribution in [2.75, 3.05) is 0 Å². The number of nitrogens with two attached hydrogens (primary N) is 1. The van der Waals surface area contributed by atoms with Gasteiger partial charge in [-0.05, 0) is 45.6 Å². The molecule has 100 valence electrons. The number of aryl methyl sites for hydroxylation is 2. The van der Waals surface area contributed by atoms with E-state index in [0.29, 0.717) is 6.10 Å². The summed E-state index contributed by atoms with van der Waals surface area (Å²) in [5.41, 5.74) is 6.87. The molecule has 18 heavy (non-hydrogen) atoms. The Morgan fingerprint density at radius 1 is 1.28 bits per heavy atom. The molecular formula is C15H24N2O. The van der Waals surface area contributed by atoms with Crippen LogP contribution in [0.15, 0.2) is 18.2 Å². The maximum Gasteiger partial charge on any atom is 0.0749 e. The van der Waals surface area contributed by atoms with Crippen LogP contribution >= 0.6 is 0 Å². The monoisotopic (exact) mass is 248 g/mol. The maximum atomic E-state index is 5.90. The van der Waals surface area contributed by atoms with Crippen LogP contribution in [-0.2, 0) is 11.2 Å². The van der Waals surface area contributed by atoms with Crippen LogP contribution in [0.1, 0.15) is 36.5 Å². The minimum absolute atomic E-state index is 0.205. The first-order valence-electron chi connectivity index (χ1n) is 6.77. The van der Waals surface area contributed by atoms with E-state index in [2.05, 4.69) is 44.4 Å². The van der Waals surface area contributed by atoms with Crippen LogP contribution in [0.5, 0.6) is 0 Å². The minimum atomic E-state index is 0.205. The molecule has 1 aliphatic rings. The quantitative estimate of drug-likeness (QED) is 0.634. The van der Waals surface area contributed by atoms with Gasteiger partial charge in [0.2, 0.25) is 0 Å². The zero-order chi connectivity index (χ0) is 13.1. The fourth-order valence-electron chi connectivity index (χ4n) is 2.87. The van der Waals surface area contributed by atoms with E-state index < -0.39 is 0 Å². The largest absolute Gasteiger partial charge is 0.374 e. The summed E-state index contributed by atoms with van der Waals surface area (Å²) in [4.78, 5) is 0. The molecule has 3 atom stereocenters. The van der Waals surface area contributed by atoms with Crippen LogP contribution in [0.3, 0.4) is 0 Å². The SMILES string of the molecule is Cc1cc(C)cc(CC(NN)C2CCC(C)O2)c1. The Labute approximate surface area is 110 Å². The zero-order valence-electron chi connectivity index (χ0n) is 11.6. The number of hydrazine groups is 1. The highest BCUT2D eigenvalue weighted by atomic mass is 16.5.